The molecule has 0 aliphatic carbocycles. The van der Waals surface area contributed by atoms with E-state index in [4.69, 9.17) is 33.8 Å². The molecular weight excluding hydrogens is 1240 g/mol. The second-order valence-electron chi connectivity index (χ2n) is 21.6. The highest BCUT2D eigenvalue weighted by Gasteiger charge is 2.41. The summed E-state index contributed by atoms with van der Waals surface area (Å²) in [4.78, 5) is 186. The number of aliphatic hydroxyl groups excluding tert-OH is 1. The Hall–Kier alpha value is -9.45. The fourth-order valence-electron chi connectivity index (χ4n) is 9.70. The number of nitrogens with one attached hydrogen (secondary N) is 15. The van der Waals surface area contributed by atoms with Gasteiger partial charge in [-0.25, -0.2) is 0 Å². The van der Waals surface area contributed by atoms with Gasteiger partial charge >= 0.3 is 5.97 Å². The van der Waals surface area contributed by atoms with Gasteiger partial charge in [-0.3, -0.25) is 73.1 Å². The third-order valence-electron chi connectivity index (χ3n) is 14.5. The minimum absolute atomic E-state index is 0.00333. The molecule has 11 atom stereocenters. The molecule has 1 aromatic carbocycles. The van der Waals surface area contributed by atoms with Gasteiger partial charge in [0.25, 0.3) is 0 Å². The third kappa shape index (κ3) is 23.1. The number of benzene rings is 1. The highest BCUT2D eigenvalue weighted by molar-refractivity contribution is 8.76. The van der Waals surface area contributed by atoms with Crippen LogP contribution in [0.3, 0.4) is 0 Å². The monoisotopic (exact) mass is 1320 g/mol. The number of carboxylic acids is 1. The molecule has 37 heteroatoms. The van der Waals surface area contributed by atoms with Crippen molar-refractivity contribution in [1.82, 2.24) is 73.7 Å². The number of aliphatic carboxylic acids is 1. The van der Waals surface area contributed by atoms with Crippen LogP contribution in [0.1, 0.15) is 70.4 Å². The number of carboxylic acid groups (broad SMARTS) is 1. The second-order valence-corrected chi connectivity index (χ2v) is 24.1. The molecule has 25 N–H and O–H groups in total. The predicted octanol–water partition coefficient (Wildman–Crippen LogP) is -7.09. The highest BCUT2D eigenvalue weighted by Crippen LogP contribution is 2.25. The van der Waals surface area contributed by atoms with Crippen LogP contribution in [-0.4, -0.2) is 220 Å². The van der Waals surface area contributed by atoms with Crippen LogP contribution in [0.25, 0.3) is 10.9 Å². The number of aromatic nitrogens is 1. The van der Waals surface area contributed by atoms with Gasteiger partial charge in [0.2, 0.25) is 70.9 Å². The average Bonchev–Trinajstić information content (AvgIpc) is 1.69. The van der Waals surface area contributed by atoms with Crippen LogP contribution < -0.4 is 86.7 Å². The van der Waals surface area contributed by atoms with Crippen molar-refractivity contribution in [2.45, 2.75) is 138 Å². The molecule has 1 unspecified atom stereocenters. The number of hydrogen-bond acceptors (Lipinski definition) is 19. The van der Waals surface area contributed by atoms with Crippen molar-refractivity contribution < 1.29 is 72.5 Å². The van der Waals surface area contributed by atoms with Gasteiger partial charge in [-0.1, -0.05) is 39.8 Å². The number of carbonyl (C=O) groups excluding carboxylic acids is 12. The molecule has 12 amide bonds. The molecule has 3 aliphatic rings. The van der Waals surface area contributed by atoms with Crippen molar-refractivity contribution in [3.63, 3.8) is 0 Å². The first-order chi connectivity index (χ1) is 43.8. The van der Waals surface area contributed by atoms with Gasteiger partial charge in [-0.15, -0.1) is 5.73 Å². The van der Waals surface area contributed by atoms with Gasteiger partial charge in [0.15, 0.2) is 11.9 Å². The van der Waals surface area contributed by atoms with Crippen molar-refractivity contribution in [3.8, 4) is 0 Å². The van der Waals surface area contributed by atoms with Gasteiger partial charge in [0.05, 0.1) is 19.6 Å². The number of carbonyl (C=O) groups is 13. The minimum atomic E-state index is -1.94. The summed E-state index contributed by atoms with van der Waals surface area (Å²) in [5.41, 5.74) is 26.2. The van der Waals surface area contributed by atoms with Gasteiger partial charge in [-0.2, -0.15) is 0 Å². The van der Waals surface area contributed by atoms with E-state index in [-0.39, 0.29) is 82.5 Å². The van der Waals surface area contributed by atoms with Crippen molar-refractivity contribution in [2.75, 3.05) is 44.3 Å². The third-order valence-corrected chi connectivity index (χ3v) is 17.0. The summed E-state index contributed by atoms with van der Waals surface area (Å²) in [5.74, 6) is -15.3. The van der Waals surface area contributed by atoms with E-state index in [0.29, 0.717) is 11.2 Å². The first kappa shape index (κ1) is 73.3. The van der Waals surface area contributed by atoms with Crippen molar-refractivity contribution in [3.05, 3.63) is 53.9 Å². The van der Waals surface area contributed by atoms with E-state index >= 15 is 0 Å². The van der Waals surface area contributed by atoms with Crippen LogP contribution in [-0.2, 0) is 68.7 Å². The Balaban J connectivity index is 1.67. The van der Waals surface area contributed by atoms with Crippen LogP contribution in [0.2, 0.25) is 0 Å². The lowest BCUT2D eigenvalue weighted by molar-refractivity contribution is -0.146. The summed E-state index contributed by atoms with van der Waals surface area (Å²) in [5, 5.41) is 66.5. The summed E-state index contributed by atoms with van der Waals surface area (Å²) in [6.45, 7) is -0.620. The maximum Gasteiger partial charge on any atom is 0.305 e. The molecule has 3 aliphatic heterocycles. The van der Waals surface area contributed by atoms with Crippen LogP contribution >= 0.6 is 21.6 Å². The number of primary amides is 1. The van der Waals surface area contributed by atoms with Gasteiger partial charge in [0.1, 0.15) is 66.5 Å². The van der Waals surface area contributed by atoms with E-state index in [0.717, 1.165) is 31.9 Å². The van der Waals surface area contributed by atoms with Crippen LogP contribution in [0, 0.1) is 10.8 Å². The lowest BCUT2D eigenvalue weighted by Gasteiger charge is -2.30. The first-order valence-electron chi connectivity index (χ1n) is 29.3. The van der Waals surface area contributed by atoms with Crippen molar-refractivity contribution in [2.24, 2.45) is 22.9 Å². The van der Waals surface area contributed by atoms with E-state index in [2.05, 4.69) is 74.5 Å². The molecule has 2 bridgehead atoms. The lowest BCUT2D eigenvalue weighted by atomic mass is 10.1. The quantitative estimate of drug-likeness (QED) is 0.0244. The van der Waals surface area contributed by atoms with Gasteiger partial charge in [0, 0.05) is 61.6 Å². The van der Waals surface area contributed by atoms with E-state index < -0.39 is 181 Å². The van der Waals surface area contributed by atoms with E-state index in [1.165, 1.54) is 19.1 Å². The number of nitrogens with two attached hydrogens (primary N) is 4. The maximum absolute atomic E-state index is 14.6. The number of rotatable bonds is 16. The predicted molar refractivity (Wildman–Crippen MR) is 334 cm³/mol. The molecule has 0 radical (unpaired) electrons. The molecule has 0 saturated carbocycles. The topological polar surface area (TPSA) is 578 Å². The van der Waals surface area contributed by atoms with Crippen LogP contribution in [0.4, 0.5) is 0 Å². The first-order valence-corrected chi connectivity index (χ1v) is 31.8. The molecule has 5 rings (SSSR count). The minimum Gasteiger partial charge on any atom is -0.481 e. The number of aromatic amines is 1. The zero-order chi connectivity index (χ0) is 67.6. The standard InChI is InChI=1S/C55H80N20O15S2/c1-27-44(81)71-35(21-29-20-28-10-5-6-11-30(28)65-29)48(85)68-33(14-7-17-62-54(58)59)45(82)67-31(43(57)80)12-3-2-4-13-32-46(83)73-37(24-76)49(86)72-36(22-42(78)79)53(90)75-19-9-16-40(75)52(89)70-34(15-8-18-63-55(60)61)47(84)74-39(50(87)64-27)26-92-91-25-38(51(88)69-32)66-41(77)23-56/h3-6,10-11,20,27,31-40,65,76H,7-9,12-19,21-26,56H2,1H3,(H2,57,80)(H,64,87)(H,66,77)(H,67,82)(H,68,85)(H,69,88)(H,70,89)(H,71,81)(H,72,86)(H,73,83)(H,74,84)(H,78,79)(H4,58,59,62)(H4,60,61,63)/t2?,27-,31-,32-,33-,34-,35-,36-,37-,38-,39-,40?/m0/s1. The molecule has 1 aromatic heterocycles. The van der Waals surface area contributed by atoms with Crippen molar-refractivity contribution in [1.29, 1.82) is 10.8 Å². The van der Waals surface area contributed by atoms with Crippen LogP contribution in [0.15, 0.2) is 48.2 Å². The molecule has 4 heterocycles. The number of H-pyrrole nitrogens is 1. The Labute approximate surface area is 535 Å². The molecule has 92 heavy (non-hydrogen) atoms. The number of para-hydroxylation sites is 1. The number of fused-ring (bicyclic) bond motifs is 10. The fraction of sp³-hybridized carbons (Fsp3) is 0.527. The summed E-state index contributed by atoms with van der Waals surface area (Å²) in [7, 11) is 1.76. The zero-order valence-electron chi connectivity index (χ0n) is 50.2. The zero-order valence-corrected chi connectivity index (χ0v) is 51.8. The average molecular weight is 1330 g/mol. The molecular formula is C55H80N20O15S2. The fourth-order valence-corrected chi connectivity index (χ4v) is 12.0. The SMILES string of the molecule is C[C@@H]1NC(=O)[C@@H]2CSSC[C@H](NC(=O)CN)C(=O)N[C@@H](CC=C=CC[C@@H](C(N)=O)NC(=O)[C@H](CCCNC(=N)N)NC(=O)[C@H](Cc3cc4ccccc4[nH]3)NC1=O)C(=O)N[C@@H](CO)C(=O)N[C@@H](CC(=O)O)C(=O)N1CCCC1C(=O)N[C@@H](CCCNC(=N)N)C(=O)N2. The summed E-state index contributed by atoms with van der Waals surface area (Å²) < 4.78 is 0. The molecule has 35 nitrogen and oxygen atoms in total. The second kappa shape index (κ2) is 36.4. The number of aliphatic hydroxyl groups is 1. The summed E-state index contributed by atoms with van der Waals surface area (Å²) >= 11 is 0. The molecule has 502 valence electrons. The normalized spacial score (nSPS) is 25.7. The van der Waals surface area contributed by atoms with E-state index in [1.54, 1.807) is 30.3 Å². The number of nitrogens with zero attached hydrogens (tertiary/aromatic N) is 1. The smallest absolute Gasteiger partial charge is 0.305 e. The van der Waals surface area contributed by atoms with Crippen molar-refractivity contribution >= 4 is 121 Å². The number of amides is 12. The van der Waals surface area contributed by atoms with Gasteiger partial charge < -0.3 is 107 Å². The molecule has 2 saturated heterocycles. The highest BCUT2D eigenvalue weighted by atomic mass is 33.1. The summed E-state index contributed by atoms with van der Waals surface area (Å²) in [6.07, 6.45) is 0.229. The Bertz CT molecular complexity index is 3110. The Morgan fingerprint density at radius 3 is 1.87 bits per heavy atom. The Kier molecular flexibility index (Phi) is 29.0. The van der Waals surface area contributed by atoms with Gasteiger partial charge in [-0.05, 0) is 75.1 Å². The van der Waals surface area contributed by atoms with E-state index in [9.17, 15) is 72.5 Å². The summed E-state index contributed by atoms with van der Waals surface area (Å²) in [6, 6.07) is -8.77. The number of guanidine groups is 2. The molecule has 0 spiro atoms. The largest absolute Gasteiger partial charge is 0.481 e. The maximum atomic E-state index is 14.6. The Morgan fingerprint density at radius 2 is 1.24 bits per heavy atom. The van der Waals surface area contributed by atoms with Crippen LogP contribution in [0.5, 0.6) is 0 Å². The lowest BCUT2D eigenvalue weighted by Crippen LogP contribution is -2.61. The Morgan fingerprint density at radius 1 is 0.674 bits per heavy atom. The molecule has 2 fully saturated rings. The number of hydrogen-bond donors (Lipinski definition) is 21. The molecule has 2 aromatic rings. The van der Waals surface area contributed by atoms with E-state index in [1.807, 2.05) is 0 Å².